The van der Waals surface area contributed by atoms with Crippen molar-refractivity contribution >= 4 is 11.8 Å². The number of nitrogens with zero attached hydrogens (tertiary/aromatic N) is 1. The van der Waals surface area contributed by atoms with E-state index in [1.54, 1.807) is 0 Å². The highest BCUT2D eigenvalue weighted by atomic mass is 14.8. The molecule has 0 atom stereocenters. The van der Waals surface area contributed by atoms with Gasteiger partial charge in [0.15, 0.2) is 0 Å². The first-order valence-electron chi connectivity index (χ1n) is 12.7. The molecule has 0 radical (unpaired) electrons. The van der Waals surface area contributed by atoms with E-state index in [1.165, 1.54) is 39.0 Å². The Labute approximate surface area is 202 Å². The van der Waals surface area contributed by atoms with Gasteiger partial charge in [0.05, 0.1) is 5.54 Å². The molecule has 2 nitrogen and oxygen atoms in total. The summed E-state index contributed by atoms with van der Waals surface area (Å²) in [6, 6.07) is 19.5. The molecule has 0 amide bonds. The van der Waals surface area contributed by atoms with Crippen molar-refractivity contribution in [2.75, 3.05) is 0 Å². The van der Waals surface area contributed by atoms with Crippen molar-refractivity contribution in [1.29, 1.82) is 0 Å². The molecule has 2 heteroatoms. The van der Waals surface area contributed by atoms with Gasteiger partial charge in [0, 0.05) is 19.3 Å². The van der Waals surface area contributed by atoms with E-state index in [1.807, 2.05) is 0 Å². The zero-order valence-electron chi connectivity index (χ0n) is 22.0. The Morgan fingerprint density at radius 2 is 1.39 bits per heavy atom. The standard InChI is InChI=1S/C31H44N2/c1-8-25(23-33-31(5,6)7)27(9-2)28(10-3)29(11-4)30-20-16-15-19-26(30)22-32-21-24-17-13-12-14-18-24/h12-20,23,32H,8-11,21-22H2,1-7H3/b27-25-,29-28+,33-23?. The monoisotopic (exact) mass is 444 g/mol. The summed E-state index contributed by atoms with van der Waals surface area (Å²) in [6.45, 7) is 17.4. The summed E-state index contributed by atoms with van der Waals surface area (Å²) in [5, 5.41) is 3.65. The van der Waals surface area contributed by atoms with Crippen molar-refractivity contribution in [3.05, 3.63) is 88.0 Å². The Morgan fingerprint density at radius 1 is 0.758 bits per heavy atom. The molecule has 1 N–H and O–H groups in total. The molecule has 2 aromatic carbocycles. The van der Waals surface area contributed by atoms with Crippen LogP contribution in [0.25, 0.3) is 5.57 Å². The minimum atomic E-state index is -0.0556. The highest BCUT2D eigenvalue weighted by Crippen LogP contribution is 2.34. The molecule has 2 aromatic rings. The van der Waals surface area contributed by atoms with Crippen molar-refractivity contribution in [2.45, 2.75) is 92.8 Å². The Hall–Kier alpha value is -2.45. The van der Waals surface area contributed by atoms with Gasteiger partial charge in [0.25, 0.3) is 0 Å². The second-order valence-corrected chi connectivity index (χ2v) is 9.55. The van der Waals surface area contributed by atoms with E-state index in [0.29, 0.717) is 0 Å². The van der Waals surface area contributed by atoms with Crippen LogP contribution < -0.4 is 5.32 Å². The van der Waals surface area contributed by atoms with Crippen LogP contribution in [0.15, 0.2) is 76.3 Å². The van der Waals surface area contributed by atoms with E-state index in [0.717, 1.165) is 38.8 Å². The molecule has 0 aromatic heterocycles. The molecule has 33 heavy (non-hydrogen) atoms. The lowest BCUT2D eigenvalue weighted by atomic mass is 9.85. The molecular weight excluding hydrogens is 400 g/mol. The summed E-state index contributed by atoms with van der Waals surface area (Å²) >= 11 is 0. The molecule has 2 rings (SSSR count). The Bertz CT molecular complexity index is 956. The summed E-state index contributed by atoms with van der Waals surface area (Å²) in [5.74, 6) is 0. The molecule has 0 saturated carbocycles. The number of hydrogen-bond acceptors (Lipinski definition) is 2. The van der Waals surface area contributed by atoms with Gasteiger partial charge in [0.1, 0.15) is 0 Å². The van der Waals surface area contributed by atoms with Gasteiger partial charge in [-0.2, -0.15) is 0 Å². The number of nitrogens with one attached hydrogen (secondary N) is 1. The molecular formula is C31H44N2. The van der Waals surface area contributed by atoms with E-state index in [4.69, 9.17) is 4.99 Å². The smallest absolute Gasteiger partial charge is 0.0524 e. The molecule has 0 bridgehead atoms. The fourth-order valence-corrected chi connectivity index (χ4v) is 4.37. The van der Waals surface area contributed by atoms with Gasteiger partial charge < -0.3 is 5.32 Å². The third-order valence-corrected chi connectivity index (χ3v) is 6.00. The topological polar surface area (TPSA) is 24.4 Å². The minimum Gasteiger partial charge on any atom is -0.309 e. The molecule has 178 valence electrons. The third-order valence-electron chi connectivity index (χ3n) is 6.00. The average molecular weight is 445 g/mol. The van der Waals surface area contributed by atoms with Gasteiger partial charge in [-0.05, 0) is 85.4 Å². The first-order valence-corrected chi connectivity index (χ1v) is 12.7. The maximum Gasteiger partial charge on any atom is 0.0524 e. The van der Waals surface area contributed by atoms with E-state index in [9.17, 15) is 0 Å². The number of benzene rings is 2. The lowest BCUT2D eigenvalue weighted by Gasteiger charge is -2.21. The molecule has 0 aliphatic rings. The van der Waals surface area contributed by atoms with Crippen LogP contribution >= 0.6 is 0 Å². The van der Waals surface area contributed by atoms with Gasteiger partial charge in [-0.25, -0.2) is 0 Å². The summed E-state index contributed by atoms with van der Waals surface area (Å²) in [7, 11) is 0. The van der Waals surface area contributed by atoms with Crippen LogP contribution in [0.2, 0.25) is 0 Å². The maximum absolute atomic E-state index is 4.84. The van der Waals surface area contributed by atoms with Gasteiger partial charge in [0.2, 0.25) is 0 Å². The fourth-order valence-electron chi connectivity index (χ4n) is 4.37. The molecule has 0 aliphatic heterocycles. The van der Waals surface area contributed by atoms with Crippen molar-refractivity contribution in [1.82, 2.24) is 5.32 Å². The van der Waals surface area contributed by atoms with E-state index in [-0.39, 0.29) is 5.54 Å². The number of aliphatic imine (C=N–C) groups is 1. The van der Waals surface area contributed by atoms with Gasteiger partial charge in [-0.3, -0.25) is 4.99 Å². The quantitative estimate of drug-likeness (QED) is 0.272. The number of allylic oxidation sites excluding steroid dienone is 4. The summed E-state index contributed by atoms with van der Waals surface area (Å²) in [4.78, 5) is 4.84. The van der Waals surface area contributed by atoms with Crippen LogP contribution in [0, 0.1) is 0 Å². The molecule has 0 aliphatic carbocycles. The van der Waals surface area contributed by atoms with Crippen molar-refractivity contribution in [2.24, 2.45) is 4.99 Å². The predicted octanol–water partition coefficient (Wildman–Crippen LogP) is 8.54. The third kappa shape index (κ3) is 8.12. The van der Waals surface area contributed by atoms with Crippen LogP contribution in [0.1, 0.15) is 90.8 Å². The SMILES string of the molecule is CC/C(C=NC(C)(C)C)=C(CC)/C(CC)=C(\CC)c1ccccc1CNCc1ccccc1. The van der Waals surface area contributed by atoms with Gasteiger partial charge >= 0.3 is 0 Å². The van der Waals surface area contributed by atoms with Crippen LogP contribution in [-0.4, -0.2) is 11.8 Å². The van der Waals surface area contributed by atoms with Crippen LogP contribution in [0.5, 0.6) is 0 Å². The molecule has 0 heterocycles. The molecule has 0 saturated heterocycles. The highest BCUT2D eigenvalue weighted by Gasteiger charge is 2.16. The molecule has 0 spiro atoms. The zero-order valence-corrected chi connectivity index (χ0v) is 22.0. The molecule has 0 unspecified atom stereocenters. The number of hydrogen-bond donors (Lipinski definition) is 1. The predicted molar refractivity (Wildman–Crippen MR) is 147 cm³/mol. The van der Waals surface area contributed by atoms with Crippen LogP contribution in [-0.2, 0) is 13.1 Å². The van der Waals surface area contributed by atoms with Crippen molar-refractivity contribution in [3.63, 3.8) is 0 Å². The Morgan fingerprint density at radius 3 is 1.97 bits per heavy atom. The highest BCUT2D eigenvalue weighted by molar-refractivity contribution is 5.84. The lowest BCUT2D eigenvalue weighted by molar-refractivity contribution is 0.586. The fraction of sp³-hybridized carbons (Fsp3) is 0.452. The van der Waals surface area contributed by atoms with Gasteiger partial charge in [-0.15, -0.1) is 0 Å². The largest absolute Gasteiger partial charge is 0.309 e. The maximum atomic E-state index is 4.84. The van der Waals surface area contributed by atoms with Gasteiger partial charge in [-0.1, -0.05) is 82.3 Å². The van der Waals surface area contributed by atoms with E-state index >= 15 is 0 Å². The zero-order chi connectivity index (χ0) is 24.3. The second kappa shape index (κ2) is 13.3. The molecule has 0 fully saturated rings. The first kappa shape index (κ1) is 26.8. The lowest BCUT2D eigenvalue weighted by Crippen LogP contribution is -2.14. The average Bonchev–Trinajstić information content (AvgIpc) is 2.81. The normalized spacial score (nSPS) is 13.8. The summed E-state index contributed by atoms with van der Waals surface area (Å²) in [6.07, 6.45) is 6.22. The van der Waals surface area contributed by atoms with Crippen molar-refractivity contribution < 1.29 is 0 Å². The Balaban J connectivity index is 2.47. The Kier molecular flexibility index (Phi) is 10.8. The van der Waals surface area contributed by atoms with E-state index in [2.05, 4.69) is 115 Å². The number of rotatable bonds is 11. The minimum absolute atomic E-state index is 0.0556. The summed E-state index contributed by atoms with van der Waals surface area (Å²) < 4.78 is 0. The first-order chi connectivity index (χ1) is 15.8. The van der Waals surface area contributed by atoms with Crippen LogP contribution in [0.4, 0.5) is 0 Å². The van der Waals surface area contributed by atoms with Crippen LogP contribution in [0.3, 0.4) is 0 Å². The van der Waals surface area contributed by atoms with E-state index < -0.39 is 0 Å². The summed E-state index contributed by atoms with van der Waals surface area (Å²) in [5.41, 5.74) is 9.82. The second-order valence-electron chi connectivity index (χ2n) is 9.55. The van der Waals surface area contributed by atoms with Crippen molar-refractivity contribution in [3.8, 4) is 0 Å².